The molecule has 0 spiro atoms. The van der Waals surface area contributed by atoms with Crippen molar-refractivity contribution in [2.45, 2.75) is 31.6 Å². The van der Waals surface area contributed by atoms with Crippen LogP contribution in [0.2, 0.25) is 0 Å². The second-order valence-corrected chi connectivity index (χ2v) is 7.48. The number of amides is 1. The van der Waals surface area contributed by atoms with E-state index in [2.05, 4.69) is 0 Å². The van der Waals surface area contributed by atoms with Gasteiger partial charge in [-0.1, -0.05) is 0 Å². The van der Waals surface area contributed by atoms with Crippen LogP contribution in [0, 0.1) is 0 Å². The minimum Gasteiger partial charge on any atom is -0.496 e. The van der Waals surface area contributed by atoms with Gasteiger partial charge < -0.3 is 9.64 Å². The zero-order chi connectivity index (χ0) is 17.6. The van der Waals surface area contributed by atoms with Crippen LogP contribution in [0.3, 0.4) is 0 Å². The average Bonchev–Trinajstić information content (AvgIpc) is 2.53. The molecule has 0 aliphatic rings. The summed E-state index contributed by atoms with van der Waals surface area (Å²) in [6, 6.07) is 4.74. The number of ether oxygens (including phenoxy) is 1. The Morgan fingerprint density at radius 2 is 1.78 bits per heavy atom. The first-order chi connectivity index (χ1) is 10.8. The van der Waals surface area contributed by atoms with Crippen LogP contribution < -0.4 is 4.74 Å². The van der Waals surface area contributed by atoms with E-state index in [0.717, 1.165) is 5.56 Å². The summed E-state index contributed by atoms with van der Waals surface area (Å²) in [4.78, 5) is 14.1. The fourth-order valence-electron chi connectivity index (χ4n) is 2.30. The Morgan fingerprint density at radius 3 is 2.26 bits per heavy atom. The van der Waals surface area contributed by atoms with Crippen molar-refractivity contribution < 1.29 is 17.9 Å². The van der Waals surface area contributed by atoms with Crippen LogP contribution in [-0.4, -0.2) is 57.8 Å². The third-order valence-electron chi connectivity index (χ3n) is 3.75. The third kappa shape index (κ3) is 4.68. The number of hydrogen-bond donors (Lipinski definition) is 0. The first kappa shape index (κ1) is 19.4. The Balaban J connectivity index is 3.03. The maximum absolute atomic E-state index is 12.2. The number of nitrogens with zero attached hydrogens (tertiary/aromatic N) is 2. The van der Waals surface area contributed by atoms with Gasteiger partial charge in [0, 0.05) is 33.6 Å². The van der Waals surface area contributed by atoms with Crippen molar-refractivity contribution in [1.82, 2.24) is 9.21 Å². The van der Waals surface area contributed by atoms with Crippen LogP contribution in [0.25, 0.3) is 0 Å². The molecule has 0 heterocycles. The molecule has 0 saturated heterocycles. The molecule has 0 fully saturated rings. The van der Waals surface area contributed by atoms with E-state index >= 15 is 0 Å². The summed E-state index contributed by atoms with van der Waals surface area (Å²) < 4.78 is 30.9. The van der Waals surface area contributed by atoms with Crippen LogP contribution >= 0.6 is 0 Å². The van der Waals surface area contributed by atoms with Crippen molar-refractivity contribution in [2.24, 2.45) is 0 Å². The van der Waals surface area contributed by atoms with E-state index in [1.54, 1.807) is 17.0 Å². The van der Waals surface area contributed by atoms with Crippen LogP contribution in [0.4, 0.5) is 0 Å². The smallest absolute Gasteiger partial charge is 0.242 e. The lowest BCUT2D eigenvalue weighted by Crippen LogP contribution is -2.30. The molecule has 0 bridgehead atoms. The lowest BCUT2D eigenvalue weighted by molar-refractivity contribution is -0.130. The minimum atomic E-state index is -3.51. The van der Waals surface area contributed by atoms with E-state index in [1.165, 1.54) is 31.6 Å². The quantitative estimate of drug-likeness (QED) is 0.722. The highest BCUT2D eigenvalue weighted by atomic mass is 32.2. The number of sulfonamides is 1. The van der Waals surface area contributed by atoms with Crippen molar-refractivity contribution in [3.8, 4) is 5.75 Å². The van der Waals surface area contributed by atoms with Gasteiger partial charge in [-0.2, -0.15) is 0 Å². The van der Waals surface area contributed by atoms with E-state index in [0.29, 0.717) is 31.7 Å². The van der Waals surface area contributed by atoms with Gasteiger partial charge >= 0.3 is 0 Å². The zero-order valence-corrected chi connectivity index (χ0v) is 15.3. The molecule has 6 nitrogen and oxygen atoms in total. The molecule has 1 amide bonds. The number of benzene rings is 1. The van der Waals surface area contributed by atoms with Crippen molar-refractivity contribution >= 4 is 15.9 Å². The highest BCUT2D eigenvalue weighted by molar-refractivity contribution is 7.89. The third-order valence-corrected chi connectivity index (χ3v) is 5.57. The van der Waals surface area contributed by atoms with Crippen molar-refractivity contribution in [3.05, 3.63) is 23.8 Å². The standard InChI is InChI=1S/C16H26N2O4S/c1-6-18(7-2)16(19)11-8-13-12-14(9-10-15(13)22-5)23(20,21)17(3)4/h9-10,12H,6-8,11H2,1-5H3. The van der Waals surface area contributed by atoms with Gasteiger partial charge in [-0.15, -0.1) is 0 Å². The van der Waals surface area contributed by atoms with Crippen molar-refractivity contribution in [3.63, 3.8) is 0 Å². The lowest BCUT2D eigenvalue weighted by Gasteiger charge is -2.19. The molecule has 1 rings (SSSR count). The number of methoxy groups -OCH3 is 1. The van der Waals surface area contributed by atoms with Gasteiger partial charge in [0.15, 0.2) is 0 Å². The normalized spacial score (nSPS) is 11.6. The summed E-state index contributed by atoms with van der Waals surface area (Å²) in [7, 11) is 1.01. The van der Waals surface area contributed by atoms with Crippen LogP contribution in [0.5, 0.6) is 5.75 Å². The summed E-state index contributed by atoms with van der Waals surface area (Å²) in [5.74, 6) is 0.646. The molecule has 0 unspecified atom stereocenters. The number of aryl methyl sites for hydroxylation is 1. The number of carbonyl (C=O) groups is 1. The summed E-state index contributed by atoms with van der Waals surface area (Å²) in [6.07, 6.45) is 0.763. The van der Waals surface area contributed by atoms with Gasteiger partial charge in [-0.3, -0.25) is 4.79 Å². The summed E-state index contributed by atoms with van der Waals surface area (Å²) >= 11 is 0. The first-order valence-electron chi connectivity index (χ1n) is 7.65. The van der Waals surface area contributed by atoms with Gasteiger partial charge in [0.1, 0.15) is 5.75 Å². The first-order valence-corrected chi connectivity index (χ1v) is 9.09. The molecular weight excluding hydrogens is 316 g/mol. The van der Waals surface area contributed by atoms with Gasteiger partial charge in [-0.25, -0.2) is 12.7 Å². The molecule has 0 aliphatic heterocycles. The predicted molar refractivity (Wildman–Crippen MR) is 90.1 cm³/mol. The van der Waals surface area contributed by atoms with E-state index in [9.17, 15) is 13.2 Å². The Morgan fingerprint density at radius 1 is 1.17 bits per heavy atom. The molecule has 130 valence electrons. The van der Waals surface area contributed by atoms with Gasteiger partial charge in [-0.05, 0) is 44.0 Å². The Bertz CT molecular complexity index is 637. The molecule has 0 aromatic heterocycles. The van der Waals surface area contributed by atoms with E-state index < -0.39 is 10.0 Å². The molecular formula is C16H26N2O4S. The molecule has 0 radical (unpaired) electrons. The number of carbonyl (C=O) groups excluding carboxylic acids is 1. The second-order valence-electron chi connectivity index (χ2n) is 5.33. The van der Waals surface area contributed by atoms with Crippen LogP contribution in [-0.2, 0) is 21.2 Å². The fourth-order valence-corrected chi connectivity index (χ4v) is 3.25. The van der Waals surface area contributed by atoms with E-state index in [4.69, 9.17) is 4.74 Å². The average molecular weight is 342 g/mol. The molecule has 0 atom stereocenters. The molecule has 1 aromatic carbocycles. The largest absolute Gasteiger partial charge is 0.496 e. The van der Waals surface area contributed by atoms with E-state index in [-0.39, 0.29) is 10.8 Å². The molecule has 23 heavy (non-hydrogen) atoms. The summed E-state index contributed by atoms with van der Waals surface area (Å²) in [5.41, 5.74) is 0.718. The monoisotopic (exact) mass is 342 g/mol. The van der Waals surface area contributed by atoms with Gasteiger partial charge in [0.25, 0.3) is 0 Å². The van der Waals surface area contributed by atoms with Crippen LogP contribution in [0.1, 0.15) is 25.8 Å². The minimum absolute atomic E-state index is 0.0536. The van der Waals surface area contributed by atoms with Crippen molar-refractivity contribution in [1.29, 1.82) is 0 Å². The summed E-state index contributed by atoms with van der Waals surface area (Å²) in [5, 5.41) is 0. The SMILES string of the molecule is CCN(CC)C(=O)CCc1cc(S(=O)(=O)N(C)C)ccc1OC. The lowest BCUT2D eigenvalue weighted by atomic mass is 10.1. The predicted octanol–water partition coefficient (Wildman–Crippen LogP) is 1.75. The summed E-state index contributed by atoms with van der Waals surface area (Å²) in [6.45, 7) is 5.21. The van der Waals surface area contributed by atoms with Gasteiger partial charge in [0.2, 0.25) is 15.9 Å². The number of hydrogen-bond acceptors (Lipinski definition) is 4. The molecule has 7 heteroatoms. The molecule has 1 aromatic rings. The Kier molecular flexibility index (Phi) is 7.02. The fraction of sp³-hybridized carbons (Fsp3) is 0.562. The van der Waals surface area contributed by atoms with E-state index in [1.807, 2.05) is 13.8 Å². The zero-order valence-electron chi connectivity index (χ0n) is 14.5. The van der Waals surface area contributed by atoms with Crippen LogP contribution in [0.15, 0.2) is 23.1 Å². The maximum atomic E-state index is 12.2. The Hall–Kier alpha value is -1.60. The molecule has 0 aliphatic carbocycles. The second kappa shape index (κ2) is 8.31. The number of rotatable bonds is 8. The Labute approximate surface area is 139 Å². The molecule has 0 N–H and O–H groups in total. The maximum Gasteiger partial charge on any atom is 0.242 e. The topological polar surface area (TPSA) is 66.9 Å². The highest BCUT2D eigenvalue weighted by Gasteiger charge is 2.19. The highest BCUT2D eigenvalue weighted by Crippen LogP contribution is 2.25. The molecule has 0 saturated carbocycles. The van der Waals surface area contributed by atoms with Crippen molar-refractivity contribution in [2.75, 3.05) is 34.3 Å². The van der Waals surface area contributed by atoms with Gasteiger partial charge in [0.05, 0.1) is 12.0 Å².